The molecule has 0 aromatic carbocycles. The summed E-state index contributed by atoms with van der Waals surface area (Å²) >= 11 is 3.01. The number of aromatic nitrogens is 1. The van der Waals surface area contributed by atoms with Crippen molar-refractivity contribution >= 4 is 28.2 Å². The monoisotopic (exact) mass is 220 g/mol. The van der Waals surface area contributed by atoms with Crippen molar-refractivity contribution in [3.63, 3.8) is 0 Å². The Balaban J connectivity index is 2.20. The third-order valence-electron chi connectivity index (χ3n) is 1.34. The molecule has 0 aliphatic rings. The van der Waals surface area contributed by atoms with E-state index in [0.717, 1.165) is 10.6 Å². The molecule has 6 heteroatoms. The molecule has 0 saturated carbocycles. The molecule has 0 bridgehead atoms. The number of thioether (sulfide) groups is 1. The van der Waals surface area contributed by atoms with Crippen LogP contribution in [-0.4, -0.2) is 33.7 Å². The summed E-state index contributed by atoms with van der Waals surface area (Å²) in [6.07, 6.45) is 1.11. The standard InChI is InChI=1S/C7H12N2O2S2/c8-7-9-1-6(13-7)4-12-3-5(11)2-10/h1,5,10-11H,2-4H2,(H2,8,9). The van der Waals surface area contributed by atoms with Crippen molar-refractivity contribution in [2.45, 2.75) is 11.9 Å². The summed E-state index contributed by atoms with van der Waals surface area (Å²) < 4.78 is 0. The first-order chi connectivity index (χ1) is 6.22. The molecule has 0 aliphatic carbocycles. The van der Waals surface area contributed by atoms with Gasteiger partial charge in [-0.1, -0.05) is 0 Å². The normalized spacial score (nSPS) is 13.1. The van der Waals surface area contributed by atoms with Gasteiger partial charge in [0, 0.05) is 22.6 Å². The lowest BCUT2D eigenvalue weighted by Gasteiger charge is -2.04. The number of hydrogen-bond donors (Lipinski definition) is 3. The van der Waals surface area contributed by atoms with Crippen LogP contribution in [0.5, 0.6) is 0 Å². The van der Waals surface area contributed by atoms with E-state index < -0.39 is 6.10 Å². The number of nitrogens with zero attached hydrogens (tertiary/aromatic N) is 1. The third kappa shape index (κ3) is 3.95. The van der Waals surface area contributed by atoms with E-state index in [1.54, 1.807) is 18.0 Å². The summed E-state index contributed by atoms with van der Waals surface area (Å²) in [6.45, 7) is -0.183. The number of anilines is 1. The quantitative estimate of drug-likeness (QED) is 0.665. The topological polar surface area (TPSA) is 79.4 Å². The van der Waals surface area contributed by atoms with E-state index in [1.807, 2.05) is 0 Å². The fourth-order valence-electron chi connectivity index (χ4n) is 0.738. The zero-order valence-electron chi connectivity index (χ0n) is 7.01. The Morgan fingerprint density at radius 3 is 3.00 bits per heavy atom. The molecule has 0 spiro atoms. The Kier molecular flexibility index (Phi) is 4.51. The molecule has 1 unspecified atom stereocenters. The number of thiazole rings is 1. The summed E-state index contributed by atoms with van der Waals surface area (Å²) in [7, 11) is 0. The Labute approximate surface area is 84.8 Å². The molecule has 0 saturated heterocycles. The van der Waals surface area contributed by atoms with Crippen LogP contribution in [0.15, 0.2) is 6.20 Å². The van der Waals surface area contributed by atoms with Gasteiger partial charge in [0.1, 0.15) is 0 Å². The van der Waals surface area contributed by atoms with Gasteiger partial charge in [0.25, 0.3) is 0 Å². The molecular weight excluding hydrogens is 208 g/mol. The van der Waals surface area contributed by atoms with E-state index in [4.69, 9.17) is 15.9 Å². The molecule has 0 fully saturated rings. The predicted molar refractivity (Wildman–Crippen MR) is 55.8 cm³/mol. The lowest BCUT2D eigenvalue weighted by atomic mass is 10.4. The van der Waals surface area contributed by atoms with Crippen LogP contribution in [0, 0.1) is 0 Å². The maximum absolute atomic E-state index is 9.03. The largest absolute Gasteiger partial charge is 0.394 e. The minimum atomic E-state index is -0.629. The van der Waals surface area contributed by atoms with Gasteiger partial charge < -0.3 is 15.9 Å². The zero-order chi connectivity index (χ0) is 9.68. The first-order valence-corrected chi connectivity index (χ1v) is 5.76. The van der Waals surface area contributed by atoms with Crippen molar-refractivity contribution in [2.75, 3.05) is 18.1 Å². The summed E-state index contributed by atoms with van der Waals surface area (Å²) in [5, 5.41) is 18.1. The molecule has 1 aromatic rings. The highest BCUT2D eigenvalue weighted by atomic mass is 32.2. The van der Waals surface area contributed by atoms with Crippen LogP contribution in [0.1, 0.15) is 4.88 Å². The molecule has 0 aliphatic heterocycles. The molecule has 0 radical (unpaired) electrons. The van der Waals surface area contributed by atoms with Crippen LogP contribution in [-0.2, 0) is 5.75 Å². The summed E-state index contributed by atoms with van der Waals surface area (Å²) in [5.41, 5.74) is 5.45. The summed E-state index contributed by atoms with van der Waals surface area (Å²) in [4.78, 5) is 5.00. The van der Waals surface area contributed by atoms with Crippen molar-refractivity contribution in [3.05, 3.63) is 11.1 Å². The highest BCUT2D eigenvalue weighted by molar-refractivity contribution is 7.98. The van der Waals surface area contributed by atoms with Crippen molar-refractivity contribution in [1.82, 2.24) is 4.98 Å². The fraction of sp³-hybridized carbons (Fsp3) is 0.571. The van der Waals surface area contributed by atoms with E-state index >= 15 is 0 Å². The van der Waals surface area contributed by atoms with Gasteiger partial charge in [-0.25, -0.2) is 4.98 Å². The molecule has 1 aromatic heterocycles. The fourth-order valence-corrected chi connectivity index (χ4v) is 2.47. The second-order valence-corrected chi connectivity index (χ2v) is 4.69. The number of nitrogens with two attached hydrogens (primary N) is 1. The Bertz CT molecular complexity index is 254. The minimum absolute atomic E-state index is 0.183. The van der Waals surface area contributed by atoms with Crippen molar-refractivity contribution < 1.29 is 10.2 Å². The predicted octanol–water partition coefficient (Wildman–Crippen LogP) is 0.312. The van der Waals surface area contributed by atoms with Crippen molar-refractivity contribution in [1.29, 1.82) is 0 Å². The maximum atomic E-state index is 9.03. The van der Waals surface area contributed by atoms with E-state index in [1.165, 1.54) is 11.3 Å². The molecule has 0 amide bonds. The van der Waals surface area contributed by atoms with E-state index in [2.05, 4.69) is 4.98 Å². The lowest BCUT2D eigenvalue weighted by molar-refractivity contribution is 0.113. The molecule has 1 heterocycles. The van der Waals surface area contributed by atoms with Crippen LogP contribution < -0.4 is 5.73 Å². The second-order valence-electron chi connectivity index (χ2n) is 2.52. The van der Waals surface area contributed by atoms with Gasteiger partial charge in [0.2, 0.25) is 0 Å². The first kappa shape index (κ1) is 10.8. The van der Waals surface area contributed by atoms with Gasteiger partial charge in [-0.2, -0.15) is 11.8 Å². The maximum Gasteiger partial charge on any atom is 0.180 e. The van der Waals surface area contributed by atoms with Gasteiger partial charge in [-0.15, -0.1) is 11.3 Å². The average molecular weight is 220 g/mol. The third-order valence-corrected chi connectivity index (χ3v) is 3.48. The number of hydrogen-bond acceptors (Lipinski definition) is 6. The number of rotatable bonds is 5. The van der Waals surface area contributed by atoms with Crippen molar-refractivity contribution in [2.24, 2.45) is 0 Å². The highest BCUT2D eigenvalue weighted by Crippen LogP contribution is 2.20. The first-order valence-electron chi connectivity index (χ1n) is 3.79. The smallest absolute Gasteiger partial charge is 0.180 e. The molecule has 13 heavy (non-hydrogen) atoms. The van der Waals surface area contributed by atoms with E-state index in [0.29, 0.717) is 10.9 Å². The zero-order valence-corrected chi connectivity index (χ0v) is 8.64. The Hall–Kier alpha value is -0.300. The minimum Gasteiger partial charge on any atom is -0.394 e. The number of nitrogen functional groups attached to an aromatic ring is 1. The second kappa shape index (κ2) is 5.43. The van der Waals surface area contributed by atoms with Gasteiger partial charge in [-0.05, 0) is 0 Å². The highest BCUT2D eigenvalue weighted by Gasteiger charge is 2.03. The van der Waals surface area contributed by atoms with Crippen LogP contribution in [0.2, 0.25) is 0 Å². The molecule has 1 atom stereocenters. The number of aliphatic hydroxyl groups excluding tert-OH is 2. The molecule has 1 rings (SSSR count). The van der Waals surface area contributed by atoms with Gasteiger partial charge >= 0.3 is 0 Å². The van der Waals surface area contributed by atoms with Gasteiger partial charge in [0.05, 0.1) is 12.7 Å². The Morgan fingerprint density at radius 1 is 1.69 bits per heavy atom. The van der Waals surface area contributed by atoms with Crippen LogP contribution in [0.4, 0.5) is 5.13 Å². The van der Waals surface area contributed by atoms with E-state index in [9.17, 15) is 0 Å². The van der Waals surface area contributed by atoms with Gasteiger partial charge in [0.15, 0.2) is 5.13 Å². The number of aliphatic hydroxyl groups is 2. The molecule has 4 nitrogen and oxygen atoms in total. The summed E-state index contributed by atoms with van der Waals surface area (Å²) in [6, 6.07) is 0. The average Bonchev–Trinajstić information content (AvgIpc) is 2.51. The van der Waals surface area contributed by atoms with Gasteiger partial charge in [-0.3, -0.25) is 0 Å². The van der Waals surface area contributed by atoms with Crippen LogP contribution >= 0.6 is 23.1 Å². The molecule has 4 N–H and O–H groups in total. The lowest BCUT2D eigenvalue weighted by Crippen LogP contribution is -2.14. The summed E-state index contributed by atoms with van der Waals surface area (Å²) in [5.74, 6) is 1.32. The van der Waals surface area contributed by atoms with Crippen molar-refractivity contribution in [3.8, 4) is 0 Å². The molecular formula is C7H12N2O2S2. The SMILES string of the molecule is Nc1ncc(CSCC(O)CO)s1. The van der Waals surface area contributed by atoms with Crippen LogP contribution in [0.3, 0.4) is 0 Å². The van der Waals surface area contributed by atoms with Crippen LogP contribution in [0.25, 0.3) is 0 Å². The molecule has 74 valence electrons. The van der Waals surface area contributed by atoms with E-state index in [-0.39, 0.29) is 6.61 Å². The Morgan fingerprint density at radius 2 is 2.46 bits per heavy atom.